The topological polar surface area (TPSA) is 55.0 Å². The largest absolute Gasteiger partial charge is 0.465 e. The van der Waals surface area contributed by atoms with Gasteiger partial charge in [-0.05, 0) is 25.1 Å². The van der Waals surface area contributed by atoms with Crippen LogP contribution in [0.4, 0.5) is 0 Å². The first-order valence-electron chi connectivity index (χ1n) is 7.56. The zero-order valence-electron chi connectivity index (χ0n) is 13.4. The molecule has 0 radical (unpaired) electrons. The number of rotatable bonds is 8. The van der Waals surface area contributed by atoms with Crippen LogP contribution in [-0.4, -0.2) is 21.9 Å². The molecule has 1 unspecified atom stereocenters. The summed E-state index contributed by atoms with van der Waals surface area (Å²) < 4.78 is 7.66. The van der Waals surface area contributed by atoms with Crippen LogP contribution in [0, 0.1) is 0 Å². The van der Waals surface area contributed by atoms with Crippen LogP contribution in [0.15, 0.2) is 28.8 Å². The standard InChI is InChI=1S/C16H26N4O/c1-12(2)17-11-16-6-5-15(21-16)9-13(3)18-10-14-7-8-20(4)19-14/h5-8,12-13,17-18H,9-11H2,1-4H3. The molecule has 5 nitrogen and oxygen atoms in total. The van der Waals surface area contributed by atoms with Crippen LogP contribution < -0.4 is 10.6 Å². The predicted molar refractivity (Wildman–Crippen MR) is 83.9 cm³/mol. The molecule has 0 amide bonds. The average molecular weight is 290 g/mol. The SMILES string of the molecule is CC(C)NCc1ccc(CC(C)NCc2ccn(C)n2)o1. The van der Waals surface area contributed by atoms with E-state index in [-0.39, 0.29) is 0 Å². The molecule has 2 N–H and O–H groups in total. The van der Waals surface area contributed by atoms with Crippen molar-refractivity contribution < 1.29 is 4.42 Å². The van der Waals surface area contributed by atoms with Crippen molar-refractivity contribution in [3.05, 3.63) is 41.6 Å². The second-order valence-corrected chi connectivity index (χ2v) is 5.87. The van der Waals surface area contributed by atoms with E-state index in [2.05, 4.69) is 48.6 Å². The molecule has 0 aromatic carbocycles. The smallest absolute Gasteiger partial charge is 0.117 e. The lowest BCUT2D eigenvalue weighted by Gasteiger charge is -2.11. The Hall–Kier alpha value is -1.59. The Kier molecular flexibility index (Phi) is 5.59. The van der Waals surface area contributed by atoms with Gasteiger partial charge in [0, 0.05) is 38.3 Å². The number of aryl methyl sites for hydroxylation is 1. The summed E-state index contributed by atoms with van der Waals surface area (Å²) >= 11 is 0. The van der Waals surface area contributed by atoms with Gasteiger partial charge in [-0.25, -0.2) is 0 Å². The number of furan rings is 1. The lowest BCUT2D eigenvalue weighted by atomic mass is 10.2. The zero-order chi connectivity index (χ0) is 15.2. The molecule has 2 rings (SSSR count). The van der Waals surface area contributed by atoms with Crippen LogP contribution in [0.1, 0.15) is 38.0 Å². The molecule has 0 aliphatic rings. The van der Waals surface area contributed by atoms with E-state index in [0.717, 1.165) is 36.7 Å². The van der Waals surface area contributed by atoms with Crippen molar-refractivity contribution in [2.75, 3.05) is 0 Å². The van der Waals surface area contributed by atoms with Crippen molar-refractivity contribution in [3.63, 3.8) is 0 Å². The summed E-state index contributed by atoms with van der Waals surface area (Å²) in [5, 5.41) is 11.2. The van der Waals surface area contributed by atoms with Gasteiger partial charge in [0.15, 0.2) is 0 Å². The Labute approximate surface area is 126 Å². The quantitative estimate of drug-likeness (QED) is 0.783. The van der Waals surface area contributed by atoms with E-state index in [1.807, 2.05) is 24.0 Å². The highest BCUT2D eigenvalue weighted by Gasteiger charge is 2.08. The van der Waals surface area contributed by atoms with Gasteiger partial charge in [-0.3, -0.25) is 4.68 Å². The highest BCUT2D eigenvalue weighted by molar-refractivity contribution is 5.08. The van der Waals surface area contributed by atoms with Gasteiger partial charge >= 0.3 is 0 Å². The van der Waals surface area contributed by atoms with Crippen LogP contribution in [0.3, 0.4) is 0 Å². The Balaban J connectivity index is 1.75. The number of nitrogens with one attached hydrogen (secondary N) is 2. The van der Waals surface area contributed by atoms with Crippen molar-refractivity contribution in [2.45, 2.75) is 52.4 Å². The monoisotopic (exact) mass is 290 g/mol. The minimum Gasteiger partial charge on any atom is -0.465 e. The third-order valence-electron chi connectivity index (χ3n) is 3.31. The molecule has 0 aliphatic carbocycles. The molecule has 0 bridgehead atoms. The Morgan fingerprint density at radius 3 is 2.52 bits per heavy atom. The summed E-state index contributed by atoms with van der Waals surface area (Å²) in [6.07, 6.45) is 2.84. The van der Waals surface area contributed by atoms with E-state index in [1.165, 1.54) is 0 Å². The number of aromatic nitrogens is 2. The summed E-state index contributed by atoms with van der Waals surface area (Å²) in [5.41, 5.74) is 1.06. The van der Waals surface area contributed by atoms with Gasteiger partial charge in [-0.1, -0.05) is 13.8 Å². The first kappa shape index (κ1) is 15.8. The molecular formula is C16H26N4O. The Bertz CT molecular complexity index is 544. The van der Waals surface area contributed by atoms with Gasteiger partial charge in [0.1, 0.15) is 11.5 Å². The van der Waals surface area contributed by atoms with E-state index in [1.54, 1.807) is 0 Å². The number of hydrogen-bond acceptors (Lipinski definition) is 4. The lowest BCUT2D eigenvalue weighted by molar-refractivity contribution is 0.412. The summed E-state index contributed by atoms with van der Waals surface area (Å²) in [6, 6.07) is 6.97. The Morgan fingerprint density at radius 2 is 1.86 bits per heavy atom. The summed E-state index contributed by atoms with van der Waals surface area (Å²) in [6.45, 7) is 8.00. The van der Waals surface area contributed by atoms with Crippen molar-refractivity contribution in [1.82, 2.24) is 20.4 Å². The second kappa shape index (κ2) is 7.43. The average Bonchev–Trinajstić information content (AvgIpc) is 3.03. The molecule has 2 heterocycles. The third kappa shape index (κ3) is 5.36. The minimum atomic E-state index is 0.351. The highest BCUT2D eigenvalue weighted by atomic mass is 16.3. The fraction of sp³-hybridized carbons (Fsp3) is 0.562. The highest BCUT2D eigenvalue weighted by Crippen LogP contribution is 2.10. The third-order valence-corrected chi connectivity index (χ3v) is 3.31. The van der Waals surface area contributed by atoms with E-state index in [0.29, 0.717) is 12.1 Å². The van der Waals surface area contributed by atoms with Crippen molar-refractivity contribution in [1.29, 1.82) is 0 Å². The normalized spacial score (nSPS) is 13.0. The van der Waals surface area contributed by atoms with Crippen LogP contribution in [-0.2, 0) is 26.6 Å². The minimum absolute atomic E-state index is 0.351. The molecule has 0 fully saturated rings. The number of nitrogens with zero attached hydrogens (tertiary/aromatic N) is 2. The van der Waals surface area contributed by atoms with Gasteiger partial charge < -0.3 is 15.1 Å². The molecule has 116 valence electrons. The summed E-state index contributed by atoms with van der Waals surface area (Å²) in [4.78, 5) is 0. The maximum absolute atomic E-state index is 5.84. The molecule has 0 saturated carbocycles. The van der Waals surface area contributed by atoms with E-state index >= 15 is 0 Å². The van der Waals surface area contributed by atoms with Crippen LogP contribution in [0.2, 0.25) is 0 Å². The fourth-order valence-corrected chi connectivity index (χ4v) is 2.14. The van der Waals surface area contributed by atoms with Gasteiger partial charge in [-0.2, -0.15) is 5.10 Å². The molecule has 2 aromatic heterocycles. The zero-order valence-corrected chi connectivity index (χ0v) is 13.4. The molecule has 1 atom stereocenters. The summed E-state index contributed by atoms with van der Waals surface area (Å²) in [7, 11) is 1.93. The van der Waals surface area contributed by atoms with Gasteiger partial charge in [-0.15, -0.1) is 0 Å². The van der Waals surface area contributed by atoms with Crippen LogP contribution in [0.25, 0.3) is 0 Å². The van der Waals surface area contributed by atoms with Gasteiger partial charge in [0.2, 0.25) is 0 Å². The van der Waals surface area contributed by atoms with Gasteiger partial charge in [0.05, 0.1) is 12.2 Å². The first-order chi connectivity index (χ1) is 10.0. The Morgan fingerprint density at radius 1 is 1.10 bits per heavy atom. The first-order valence-corrected chi connectivity index (χ1v) is 7.56. The predicted octanol–water partition coefficient (Wildman–Crippen LogP) is 2.23. The van der Waals surface area contributed by atoms with E-state index < -0.39 is 0 Å². The fourth-order valence-electron chi connectivity index (χ4n) is 2.14. The van der Waals surface area contributed by atoms with E-state index in [4.69, 9.17) is 4.42 Å². The maximum Gasteiger partial charge on any atom is 0.117 e. The van der Waals surface area contributed by atoms with Crippen LogP contribution in [0.5, 0.6) is 0 Å². The molecule has 21 heavy (non-hydrogen) atoms. The summed E-state index contributed by atoms with van der Waals surface area (Å²) in [5.74, 6) is 2.02. The maximum atomic E-state index is 5.84. The molecular weight excluding hydrogens is 264 g/mol. The van der Waals surface area contributed by atoms with Gasteiger partial charge in [0.25, 0.3) is 0 Å². The lowest BCUT2D eigenvalue weighted by Crippen LogP contribution is -2.27. The molecule has 0 aliphatic heterocycles. The molecule has 0 spiro atoms. The van der Waals surface area contributed by atoms with Crippen LogP contribution >= 0.6 is 0 Å². The van der Waals surface area contributed by atoms with E-state index in [9.17, 15) is 0 Å². The number of hydrogen-bond donors (Lipinski definition) is 2. The molecule has 0 saturated heterocycles. The van der Waals surface area contributed by atoms with Crippen molar-refractivity contribution in [3.8, 4) is 0 Å². The second-order valence-electron chi connectivity index (χ2n) is 5.87. The molecule has 2 aromatic rings. The molecule has 5 heteroatoms. The van der Waals surface area contributed by atoms with Crippen molar-refractivity contribution >= 4 is 0 Å². The van der Waals surface area contributed by atoms with Crippen molar-refractivity contribution in [2.24, 2.45) is 7.05 Å².